The van der Waals surface area contributed by atoms with E-state index < -0.39 is 10.0 Å². The van der Waals surface area contributed by atoms with E-state index in [4.69, 9.17) is 0 Å². The number of hydrogen-bond acceptors (Lipinski definition) is 3. The largest absolute Gasteiger partial charge is 0.317 e. The van der Waals surface area contributed by atoms with E-state index in [1.165, 1.54) is 32.1 Å². The molecule has 0 aliphatic heterocycles. The molecule has 108 valence electrons. The highest BCUT2D eigenvalue weighted by atomic mass is 32.2. The first-order valence-corrected chi connectivity index (χ1v) is 8.82. The predicted octanol–water partition coefficient (Wildman–Crippen LogP) is 1.83. The van der Waals surface area contributed by atoms with Crippen LogP contribution >= 0.6 is 0 Å². The summed E-state index contributed by atoms with van der Waals surface area (Å²) in [7, 11) is -1.31. The zero-order chi connectivity index (χ0) is 13.4. The molecule has 0 heterocycles. The summed E-state index contributed by atoms with van der Waals surface area (Å²) >= 11 is 0. The van der Waals surface area contributed by atoms with Gasteiger partial charge in [-0.1, -0.05) is 26.2 Å². The van der Waals surface area contributed by atoms with Gasteiger partial charge >= 0.3 is 0 Å². The Bertz CT molecular complexity index is 311. The Morgan fingerprint density at radius 1 is 1.22 bits per heavy atom. The van der Waals surface area contributed by atoms with Crippen molar-refractivity contribution in [3.63, 3.8) is 0 Å². The van der Waals surface area contributed by atoms with Crippen LogP contribution in [0.3, 0.4) is 0 Å². The molecule has 1 N–H and O–H groups in total. The molecule has 0 unspecified atom stereocenters. The van der Waals surface area contributed by atoms with Gasteiger partial charge in [-0.05, 0) is 38.3 Å². The van der Waals surface area contributed by atoms with E-state index in [-0.39, 0.29) is 5.75 Å². The fourth-order valence-electron chi connectivity index (χ4n) is 2.56. The second kappa shape index (κ2) is 8.12. The van der Waals surface area contributed by atoms with Gasteiger partial charge in [0.05, 0.1) is 5.75 Å². The van der Waals surface area contributed by atoms with E-state index in [2.05, 4.69) is 5.32 Å². The molecule has 1 aliphatic rings. The van der Waals surface area contributed by atoms with E-state index in [1.807, 2.05) is 6.92 Å². The van der Waals surface area contributed by atoms with Crippen LogP contribution < -0.4 is 5.32 Å². The summed E-state index contributed by atoms with van der Waals surface area (Å²) in [6, 6.07) is 0. The molecule has 1 saturated carbocycles. The smallest absolute Gasteiger partial charge is 0.213 e. The maximum Gasteiger partial charge on any atom is 0.213 e. The van der Waals surface area contributed by atoms with Gasteiger partial charge in [0.25, 0.3) is 0 Å². The first-order chi connectivity index (χ1) is 8.56. The van der Waals surface area contributed by atoms with Gasteiger partial charge in [0.2, 0.25) is 10.0 Å². The van der Waals surface area contributed by atoms with Gasteiger partial charge in [0.15, 0.2) is 0 Å². The summed E-state index contributed by atoms with van der Waals surface area (Å²) in [6.07, 6.45) is 6.92. The van der Waals surface area contributed by atoms with E-state index in [0.717, 1.165) is 13.1 Å². The molecular weight excluding hydrogens is 248 g/mol. The molecule has 0 saturated heterocycles. The molecule has 4 nitrogen and oxygen atoms in total. The summed E-state index contributed by atoms with van der Waals surface area (Å²) in [5, 5.41) is 3.16. The second-order valence-corrected chi connectivity index (χ2v) is 7.50. The van der Waals surface area contributed by atoms with Crippen molar-refractivity contribution in [2.75, 3.05) is 32.4 Å². The molecule has 0 aromatic heterocycles. The lowest BCUT2D eigenvalue weighted by molar-refractivity contribution is 0.300. The minimum absolute atomic E-state index is 0.267. The third kappa shape index (κ3) is 5.67. The zero-order valence-electron chi connectivity index (χ0n) is 11.8. The van der Waals surface area contributed by atoms with Crippen LogP contribution in [-0.2, 0) is 10.0 Å². The Morgan fingerprint density at radius 3 is 2.50 bits per heavy atom. The lowest BCUT2D eigenvalue weighted by atomic mass is 9.89. The third-order valence-corrected chi connectivity index (χ3v) is 5.62. The van der Waals surface area contributed by atoms with Gasteiger partial charge in [-0.25, -0.2) is 12.7 Å². The van der Waals surface area contributed by atoms with Gasteiger partial charge < -0.3 is 5.32 Å². The van der Waals surface area contributed by atoms with Gasteiger partial charge in [0.1, 0.15) is 0 Å². The van der Waals surface area contributed by atoms with Crippen LogP contribution in [-0.4, -0.2) is 45.2 Å². The lowest BCUT2D eigenvalue weighted by Crippen LogP contribution is -2.35. The van der Waals surface area contributed by atoms with Crippen LogP contribution in [0.1, 0.15) is 45.4 Å². The van der Waals surface area contributed by atoms with Crippen LogP contribution in [0.5, 0.6) is 0 Å². The van der Waals surface area contributed by atoms with E-state index in [0.29, 0.717) is 18.9 Å². The molecule has 1 aliphatic carbocycles. The van der Waals surface area contributed by atoms with Gasteiger partial charge in [-0.3, -0.25) is 0 Å². The highest BCUT2D eigenvalue weighted by molar-refractivity contribution is 7.89. The van der Waals surface area contributed by atoms with E-state index >= 15 is 0 Å². The average Bonchev–Trinajstić information content (AvgIpc) is 2.36. The van der Waals surface area contributed by atoms with Crippen molar-refractivity contribution in [2.45, 2.75) is 45.4 Å². The first kappa shape index (κ1) is 15.9. The molecule has 0 radical (unpaired) electrons. The first-order valence-electron chi connectivity index (χ1n) is 7.21. The predicted molar refractivity (Wildman–Crippen MR) is 76.2 cm³/mol. The molecule has 1 fully saturated rings. The summed E-state index contributed by atoms with van der Waals surface area (Å²) in [5.74, 6) is 0.843. The van der Waals surface area contributed by atoms with E-state index in [9.17, 15) is 8.42 Å². The van der Waals surface area contributed by atoms with Crippen molar-refractivity contribution in [3.8, 4) is 0 Å². The molecule has 0 spiro atoms. The normalized spacial score (nSPS) is 18.4. The summed E-state index contributed by atoms with van der Waals surface area (Å²) in [6.45, 7) is 4.43. The Labute approximate surface area is 112 Å². The quantitative estimate of drug-likeness (QED) is 0.688. The molecule has 0 aromatic carbocycles. The molecule has 0 atom stereocenters. The zero-order valence-corrected chi connectivity index (χ0v) is 12.6. The number of nitrogens with one attached hydrogen (secondary N) is 1. The molecule has 5 heteroatoms. The van der Waals surface area contributed by atoms with Crippen molar-refractivity contribution >= 4 is 10.0 Å². The number of sulfonamides is 1. The standard InChI is InChI=1S/C13H28N2O2S/c1-3-14-10-7-11-18(16,17)15(2)12-13-8-5-4-6-9-13/h13-14H,3-12H2,1-2H3. The summed E-state index contributed by atoms with van der Waals surface area (Å²) in [4.78, 5) is 0. The van der Waals surface area contributed by atoms with Crippen molar-refractivity contribution in [1.82, 2.24) is 9.62 Å². The Kier molecular flexibility index (Phi) is 7.19. The van der Waals surface area contributed by atoms with Crippen LogP contribution in [0.2, 0.25) is 0 Å². The Balaban J connectivity index is 2.31. The Morgan fingerprint density at radius 2 is 1.89 bits per heavy atom. The fraction of sp³-hybridized carbons (Fsp3) is 1.00. The number of nitrogens with zero attached hydrogens (tertiary/aromatic N) is 1. The van der Waals surface area contributed by atoms with Crippen molar-refractivity contribution in [1.29, 1.82) is 0 Å². The van der Waals surface area contributed by atoms with Crippen LogP contribution in [0.15, 0.2) is 0 Å². The molecule has 0 amide bonds. The maximum absolute atomic E-state index is 12.1. The molecule has 0 bridgehead atoms. The highest BCUT2D eigenvalue weighted by Crippen LogP contribution is 2.24. The SMILES string of the molecule is CCNCCCS(=O)(=O)N(C)CC1CCCCC1. The number of hydrogen-bond donors (Lipinski definition) is 1. The monoisotopic (exact) mass is 276 g/mol. The number of rotatable bonds is 8. The van der Waals surface area contributed by atoms with Crippen LogP contribution in [0, 0.1) is 5.92 Å². The summed E-state index contributed by atoms with van der Waals surface area (Å²) < 4.78 is 25.7. The van der Waals surface area contributed by atoms with E-state index in [1.54, 1.807) is 11.4 Å². The van der Waals surface area contributed by atoms with Gasteiger partial charge in [0, 0.05) is 13.6 Å². The van der Waals surface area contributed by atoms with Crippen LogP contribution in [0.25, 0.3) is 0 Å². The molecule has 1 rings (SSSR count). The maximum atomic E-state index is 12.1. The van der Waals surface area contributed by atoms with Gasteiger partial charge in [-0.15, -0.1) is 0 Å². The van der Waals surface area contributed by atoms with Crippen molar-refractivity contribution in [3.05, 3.63) is 0 Å². The topological polar surface area (TPSA) is 49.4 Å². The lowest BCUT2D eigenvalue weighted by Gasteiger charge is -2.26. The third-order valence-electron chi connectivity index (χ3n) is 3.72. The second-order valence-electron chi connectivity index (χ2n) is 5.31. The van der Waals surface area contributed by atoms with Crippen molar-refractivity contribution < 1.29 is 8.42 Å². The molecule has 0 aromatic rings. The minimum atomic E-state index is -3.05. The summed E-state index contributed by atoms with van der Waals surface area (Å²) in [5.41, 5.74) is 0. The van der Waals surface area contributed by atoms with Crippen LogP contribution in [0.4, 0.5) is 0 Å². The minimum Gasteiger partial charge on any atom is -0.317 e. The average molecular weight is 276 g/mol. The van der Waals surface area contributed by atoms with Gasteiger partial charge in [-0.2, -0.15) is 0 Å². The highest BCUT2D eigenvalue weighted by Gasteiger charge is 2.22. The Hall–Kier alpha value is -0.130. The molecular formula is C13H28N2O2S. The molecule has 18 heavy (non-hydrogen) atoms. The fourth-order valence-corrected chi connectivity index (χ4v) is 3.82. The van der Waals surface area contributed by atoms with Crippen molar-refractivity contribution in [2.24, 2.45) is 5.92 Å².